The van der Waals surface area contributed by atoms with Gasteiger partial charge in [0.1, 0.15) is 6.23 Å². The molecule has 0 saturated carbocycles. The predicted molar refractivity (Wildman–Crippen MR) is 117 cm³/mol. The highest BCUT2D eigenvalue weighted by Gasteiger charge is 2.09. The molecule has 0 aromatic heterocycles. The first-order chi connectivity index (χ1) is 12.2. The lowest BCUT2D eigenvalue weighted by atomic mass is 10.1. The van der Waals surface area contributed by atoms with Crippen molar-refractivity contribution in [1.29, 1.82) is 0 Å². The topological polar surface area (TPSA) is 21.3 Å². The van der Waals surface area contributed by atoms with Crippen molar-refractivity contribution in [3.05, 3.63) is 72.9 Å². The second kappa shape index (κ2) is 24.6. The van der Waals surface area contributed by atoms with Gasteiger partial charge in [0.2, 0.25) is 0 Å². The summed E-state index contributed by atoms with van der Waals surface area (Å²) in [5.41, 5.74) is 2.32. The molecule has 0 saturated heterocycles. The quantitative estimate of drug-likeness (QED) is 0.253. The van der Waals surface area contributed by atoms with E-state index < -0.39 is 0 Å². The van der Waals surface area contributed by atoms with Gasteiger partial charge in [0, 0.05) is 7.11 Å². The number of rotatable bonds is 11. The van der Waals surface area contributed by atoms with Gasteiger partial charge < -0.3 is 4.74 Å². The molecule has 0 amide bonds. The van der Waals surface area contributed by atoms with Crippen molar-refractivity contribution >= 4 is 0 Å². The molecule has 2 nitrogen and oxygen atoms in total. The van der Waals surface area contributed by atoms with Gasteiger partial charge in [-0.1, -0.05) is 89.5 Å². The highest BCUT2D eigenvalue weighted by molar-refractivity contribution is 5.27. The van der Waals surface area contributed by atoms with E-state index in [0.29, 0.717) is 0 Å². The van der Waals surface area contributed by atoms with Crippen LogP contribution in [0, 0.1) is 0 Å². The lowest BCUT2D eigenvalue weighted by molar-refractivity contribution is 0.106. The minimum Gasteiger partial charge on any atom is -0.362 e. The Morgan fingerprint density at radius 2 is 1.68 bits per heavy atom. The largest absolute Gasteiger partial charge is 0.362 e. The van der Waals surface area contributed by atoms with Crippen LogP contribution in [0.25, 0.3) is 0 Å². The molecule has 0 aromatic rings. The van der Waals surface area contributed by atoms with Crippen molar-refractivity contribution in [3.63, 3.8) is 0 Å². The molecule has 0 radical (unpaired) electrons. The van der Waals surface area contributed by atoms with Crippen LogP contribution in [0.3, 0.4) is 0 Å². The first kappa shape index (κ1) is 28.2. The zero-order chi connectivity index (χ0) is 19.9. The first-order valence-corrected chi connectivity index (χ1v) is 9.39. The number of ether oxygens (including phenoxy) is 1. The third kappa shape index (κ3) is 17.0. The lowest BCUT2D eigenvalue weighted by Crippen LogP contribution is -2.33. The van der Waals surface area contributed by atoms with Crippen LogP contribution in [-0.2, 0) is 4.74 Å². The molecule has 1 unspecified atom stereocenters. The van der Waals surface area contributed by atoms with Crippen LogP contribution in [0.1, 0.15) is 54.4 Å². The second-order valence-electron chi connectivity index (χ2n) is 4.55. The van der Waals surface area contributed by atoms with Crippen LogP contribution in [-0.4, -0.2) is 19.9 Å². The van der Waals surface area contributed by atoms with Crippen LogP contribution in [0.2, 0.25) is 0 Å². The number of hydrogen-bond donors (Lipinski definition) is 1. The Kier molecular flexibility index (Phi) is 27.7. The fourth-order valence-corrected chi connectivity index (χ4v) is 1.90. The first-order valence-electron chi connectivity index (χ1n) is 9.39. The van der Waals surface area contributed by atoms with E-state index in [1.54, 1.807) is 13.2 Å². The van der Waals surface area contributed by atoms with Gasteiger partial charge >= 0.3 is 0 Å². The summed E-state index contributed by atoms with van der Waals surface area (Å²) in [6.45, 7) is 20.4. The summed E-state index contributed by atoms with van der Waals surface area (Å²) in [5, 5.41) is 3.42. The Balaban J connectivity index is -0.00000112. The Labute approximate surface area is 157 Å². The molecule has 0 heterocycles. The van der Waals surface area contributed by atoms with Gasteiger partial charge in [-0.3, -0.25) is 5.32 Å². The zero-order valence-corrected chi connectivity index (χ0v) is 17.6. The van der Waals surface area contributed by atoms with Gasteiger partial charge in [0.15, 0.2) is 0 Å². The van der Waals surface area contributed by atoms with Gasteiger partial charge in [0.25, 0.3) is 0 Å². The van der Waals surface area contributed by atoms with Gasteiger partial charge in [-0.2, -0.15) is 0 Å². The average molecular weight is 348 g/mol. The monoisotopic (exact) mass is 347 g/mol. The van der Waals surface area contributed by atoms with Gasteiger partial charge in [-0.05, 0) is 44.4 Å². The molecule has 0 aromatic carbocycles. The minimum absolute atomic E-state index is 0.0898. The van der Waals surface area contributed by atoms with Gasteiger partial charge in [0.05, 0.1) is 0 Å². The second-order valence-corrected chi connectivity index (χ2v) is 4.55. The van der Waals surface area contributed by atoms with Crippen LogP contribution in [0.5, 0.6) is 0 Å². The van der Waals surface area contributed by atoms with E-state index in [0.717, 1.165) is 25.0 Å². The predicted octanol–water partition coefficient (Wildman–Crippen LogP) is 6.76. The van der Waals surface area contributed by atoms with E-state index in [2.05, 4.69) is 30.6 Å². The highest BCUT2D eigenvalue weighted by atomic mass is 16.5. The van der Waals surface area contributed by atoms with E-state index in [1.165, 1.54) is 5.57 Å². The Morgan fingerprint density at radius 3 is 2.12 bits per heavy atom. The smallest absolute Gasteiger partial charge is 0.133 e. The Morgan fingerprint density at radius 1 is 1.04 bits per heavy atom. The maximum absolute atomic E-state index is 5.53. The summed E-state index contributed by atoms with van der Waals surface area (Å²) < 4.78 is 5.53. The van der Waals surface area contributed by atoms with Crippen molar-refractivity contribution in [1.82, 2.24) is 5.32 Å². The van der Waals surface area contributed by atoms with E-state index in [-0.39, 0.29) is 6.23 Å². The van der Waals surface area contributed by atoms with E-state index in [4.69, 9.17) is 4.74 Å². The number of hydrogen-bond acceptors (Lipinski definition) is 2. The minimum atomic E-state index is -0.0898. The SMILES string of the molecule is C=C/C=C(\C=C)CCCNC(OC)C(/C=C\C)=C/C=C\C.CC.CC. The fraction of sp³-hybridized carbons (Fsp3) is 0.478. The maximum atomic E-state index is 5.53. The van der Waals surface area contributed by atoms with Crippen molar-refractivity contribution in [2.75, 3.05) is 13.7 Å². The molecule has 0 aliphatic heterocycles. The lowest BCUT2D eigenvalue weighted by Gasteiger charge is -2.18. The van der Waals surface area contributed by atoms with Crippen LogP contribution < -0.4 is 5.32 Å². The molecule has 1 atom stereocenters. The van der Waals surface area contributed by atoms with Crippen LogP contribution >= 0.6 is 0 Å². The number of methoxy groups -OCH3 is 1. The fourth-order valence-electron chi connectivity index (χ4n) is 1.90. The van der Waals surface area contributed by atoms with Crippen LogP contribution in [0.15, 0.2) is 72.9 Å². The average Bonchev–Trinajstić information content (AvgIpc) is 2.67. The molecule has 0 fully saturated rings. The summed E-state index contributed by atoms with van der Waals surface area (Å²) in [7, 11) is 1.72. The third-order valence-electron chi connectivity index (χ3n) is 2.94. The molecule has 0 rings (SSSR count). The molecule has 0 aliphatic carbocycles. The molecular weight excluding hydrogens is 306 g/mol. The van der Waals surface area contributed by atoms with Crippen molar-refractivity contribution in [2.24, 2.45) is 0 Å². The summed E-state index contributed by atoms with van der Waals surface area (Å²) >= 11 is 0. The molecular formula is C23H41NO. The maximum Gasteiger partial charge on any atom is 0.133 e. The number of allylic oxidation sites excluding steroid dienone is 8. The summed E-state index contributed by atoms with van der Waals surface area (Å²) in [6, 6.07) is 0. The normalized spacial score (nSPS) is 12.9. The standard InChI is InChI=1S/C19H29NO.2C2H6/c1-6-10-15-18(13-8-3)19(21-5)20-16-11-14-17(9-4)12-7-2;2*1-2/h6-10,12-13,15,19-20H,2,4,11,14,16H2,1,3,5H3;2*1-2H3/b10-6-,13-8-,17-12+,18-15+;;. The molecule has 0 bridgehead atoms. The van der Waals surface area contributed by atoms with Gasteiger partial charge in [-0.25, -0.2) is 0 Å². The third-order valence-corrected chi connectivity index (χ3v) is 2.94. The summed E-state index contributed by atoms with van der Waals surface area (Å²) in [4.78, 5) is 0. The molecule has 0 aliphatic rings. The van der Waals surface area contributed by atoms with E-state index >= 15 is 0 Å². The molecule has 144 valence electrons. The van der Waals surface area contributed by atoms with Crippen molar-refractivity contribution in [2.45, 2.75) is 60.6 Å². The zero-order valence-electron chi connectivity index (χ0n) is 17.6. The summed E-state index contributed by atoms with van der Waals surface area (Å²) in [5.74, 6) is 0. The molecule has 0 spiro atoms. The van der Waals surface area contributed by atoms with Crippen molar-refractivity contribution < 1.29 is 4.74 Å². The molecule has 1 N–H and O–H groups in total. The van der Waals surface area contributed by atoms with E-state index in [1.807, 2.05) is 71.9 Å². The van der Waals surface area contributed by atoms with Gasteiger partial charge in [-0.15, -0.1) is 0 Å². The molecule has 2 heteroatoms. The Bertz CT molecular complexity index is 414. The highest BCUT2D eigenvalue weighted by Crippen LogP contribution is 2.09. The molecule has 25 heavy (non-hydrogen) atoms. The van der Waals surface area contributed by atoms with Crippen LogP contribution in [0.4, 0.5) is 0 Å². The number of nitrogens with one attached hydrogen (secondary N) is 1. The van der Waals surface area contributed by atoms with E-state index in [9.17, 15) is 0 Å². The Hall–Kier alpha value is -1.64. The summed E-state index contributed by atoms with van der Waals surface area (Å²) in [6.07, 6.45) is 17.8. The van der Waals surface area contributed by atoms with Crippen molar-refractivity contribution in [3.8, 4) is 0 Å².